The first-order valence-corrected chi connectivity index (χ1v) is 14.0. The number of piperazine rings is 1. The molecule has 11 nitrogen and oxygen atoms in total. The van der Waals surface area contributed by atoms with Crippen LogP contribution in [0.25, 0.3) is 0 Å². The Morgan fingerprint density at radius 1 is 1.15 bits per heavy atom. The highest BCUT2D eigenvalue weighted by atomic mass is 16.6. The van der Waals surface area contributed by atoms with Gasteiger partial charge in [-0.05, 0) is 70.6 Å². The minimum absolute atomic E-state index is 0.0130. The van der Waals surface area contributed by atoms with Crippen molar-refractivity contribution in [2.45, 2.75) is 88.8 Å². The van der Waals surface area contributed by atoms with Crippen molar-refractivity contribution < 1.29 is 23.9 Å². The van der Waals surface area contributed by atoms with Gasteiger partial charge in [-0.15, -0.1) is 0 Å². The van der Waals surface area contributed by atoms with Gasteiger partial charge in [-0.3, -0.25) is 19.3 Å². The molecule has 2 N–H and O–H groups in total. The number of carbonyl (C=O) groups is 4. The highest BCUT2D eigenvalue weighted by Gasteiger charge is 2.56. The second-order valence-corrected chi connectivity index (χ2v) is 12.4. The Balaban J connectivity index is 1.29. The van der Waals surface area contributed by atoms with Gasteiger partial charge < -0.3 is 25.2 Å². The molecule has 40 heavy (non-hydrogen) atoms. The number of nitrogens with zero attached hydrogens (tertiary/aromatic N) is 4. The number of alkyl carbamates (subject to hydrolysis) is 1. The van der Waals surface area contributed by atoms with Crippen molar-refractivity contribution in [2.75, 3.05) is 20.1 Å². The van der Waals surface area contributed by atoms with Crippen LogP contribution in [0.3, 0.4) is 0 Å². The molecule has 6 unspecified atom stereocenters. The molecule has 4 amide bonds. The molecule has 4 aliphatic rings. The number of hydrogen-bond donors (Lipinski definition) is 2. The zero-order valence-corrected chi connectivity index (χ0v) is 23.7. The van der Waals surface area contributed by atoms with Crippen LogP contribution in [-0.2, 0) is 14.3 Å². The van der Waals surface area contributed by atoms with Crippen molar-refractivity contribution in [2.24, 2.45) is 5.92 Å². The SMILES string of the molecule is CNC(=O)c1ccc(C(C)N2C(=O)C3C[C@H]2CN3CC(NC(=O)OC(C)(C)C)C(=O)N2C(C#N)CC3CC32)cc1. The van der Waals surface area contributed by atoms with Crippen molar-refractivity contribution in [1.82, 2.24) is 25.3 Å². The van der Waals surface area contributed by atoms with Crippen molar-refractivity contribution in [3.05, 3.63) is 35.4 Å². The average Bonchev–Trinajstić information content (AvgIpc) is 3.23. The molecule has 7 atom stereocenters. The number of nitrogens with one attached hydrogen (secondary N) is 2. The first-order chi connectivity index (χ1) is 18.9. The molecule has 3 saturated heterocycles. The second kappa shape index (κ2) is 10.4. The number of nitriles is 1. The number of fused-ring (bicyclic) bond motifs is 3. The summed E-state index contributed by atoms with van der Waals surface area (Å²) in [5, 5.41) is 15.0. The Morgan fingerprint density at radius 2 is 1.85 bits per heavy atom. The van der Waals surface area contributed by atoms with Crippen LogP contribution in [0.2, 0.25) is 0 Å². The minimum atomic E-state index is -0.930. The predicted octanol–water partition coefficient (Wildman–Crippen LogP) is 1.80. The summed E-state index contributed by atoms with van der Waals surface area (Å²) in [4.78, 5) is 57.4. The molecule has 3 aliphatic heterocycles. The maximum Gasteiger partial charge on any atom is 0.408 e. The fourth-order valence-electron chi connectivity index (χ4n) is 6.56. The summed E-state index contributed by atoms with van der Waals surface area (Å²) in [6.45, 7) is 7.99. The molecule has 2 bridgehead atoms. The van der Waals surface area contributed by atoms with E-state index < -0.39 is 29.8 Å². The van der Waals surface area contributed by atoms with Gasteiger partial charge in [0, 0.05) is 37.8 Å². The lowest BCUT2D eigenvalue weighted by Gasteiger charge is -2.39. The molecular weight excluding hydrogens is 512 g/mol. The monoisotopic (exact) mass is 550 g/mol. The number of likely N-dealkylation sites (tertiary alicyclic amines) is 3. The van der Waals surface area contributed by atoms with E-state index in [2.05, 4.69) is 16.7 Å². The Kier molecular flexibility index (Phi) is 7.25. The smallest absolute Gasteiger partial charge is 0.408 e. The molecule has 5 rings (SSSR count). The Labute approximate surface area is 234 Å². The Hall–Kier alpha value is -3.65. The van der Waals surface area contributed by atoms with Gasteiger partial charge in [0.15, 0.2) is 0 Å². The quantitative estimate of drug-likeness (QED) is 0.529. The molecule has 1 aliphatic carbocycles. The molecule has 1 aromatic carbocycles. The van der Waals surface area contributed by atoms with Crippen LogP contribution in [0.4, 0.5) is 4.79 Å². The summed E-state index contributed by atoms with van der Waals surface area (Å²) < 4.78 is 5.44. The van der Waals surface area contributed by atoms with E-state index in [4.69, 9.17) is 4.74 Å². The molecule has 0 aromatic heterocycles. The first kappa shape index (κ1) is 27.9. The number of piperidine rings is 1. The highest BCUT2D eigenvalue weighted by Crippen LogP contribution is 2.48. The van der Waals surface area contributed by atoms with Crippen molar-refractivity contribution in [3.8, 4) is 6.07 Å². The number of benzene rings is 1. The van der Waals surface area contributed by atoms with Crippen LogP contribution in [0.15, 0.2) is 24.3 Å². The molecular formula is C29H38N6O5. The third-order valence-corrected chi connectivity index (χ3v) is 8.53. The van der Waals surface area contributed by atoms with Gasteiger partial charge in [0.2, 0.25) is 11.8 Å². The van der Waals surface area contributed by atoms with E-state index in [-0.39, 0.29) is 42.4 Å². The molecule has 3 heterocycles. The predicted molar refractivity (Wildman–Crippen MR) is 145 cm³/mol. The molecule has 1 saturated carbocycles. The van der Waals surface area contributed by atoms with E-state index in [1.165, 1.54) is 0 Å². The number of rotatable bonds is 7. The summed E-state index contributed by atoms with van der Waals surface area (Å²) >= 11 is 0. The van der Waals surface area contributed by atoms with E-state index in [1.807, 2.05) is 28.9 Å². The maximum atomic E-state index is 13.7. The van der Waals surface area contributed by atoms with Gasteiger partial charge >= 0.3 is 6.09 Å². The topological polar surface area (TPSA) is 135 Å². The van der Waals surface area contributed by atoms with Crippen LogP contribution >= 0.6 is 0 Å². The van der Waals surface area contributed by atoms with Crippen molar-refractivity contribution >= 4 is 23.8 Å². The number of carbonyl (C=O) groups excluding carboxylic acids is 4. The average molecular weight is 551 g/mol. The molecule has 214 valence electrons. The van der Waals surface area contributed by atoms with E-state index in [9.17, 15) is 24.4 Å². The van der Waals surface area contributed by atoms with Gasteiger partial charge in [0.1, 0.15) is 17.7 Å². The van der Waals surface area contributed by atoms with E-state index in [0.29, 0.717) is 30.9 Å². The number of hydrogen-bond acceptors (Lipinski definition) is 7. The van der Waals surface area contributed by atoms with E-state index >= 15 is 0 Å². The van der Waals surface area contributed by atoms with E-state index in [0.717, 1.165) is 12.0 Å². The summed E-state index contributed by atoms with van der Waals surface area (Å²) in [7, 11) is 1.58. The molecule has 0 radical (unpaired) electrons. The van der Waals surface area contributed by atoms with Crippen LogP contribution in [0.5, 0.6) is 0 Å². The summed E-state index contributed by atoms with van der Waals surface area (Å²) in [5.74, 6) is -0.122. The van der Waals surface area contributed by atoms with Crippen LogP contribution in [0.1, 0.15) is 68.9 Å². The first-order valence-electron chi connectivity index (χ1n) is 14.0. The zero-order chi connectivity index (χ0) is 28.9. The fourth-order valence-corrected chi connectivity index (χ4v) is 6.56. The lowest BCUT2D eigenvalue weighted by Crippen LogP contribution is -2.59. The second-order valence-electron chi connectivity index (χ2n) is 12.4. The minimum Gasteiger partial charge on any atom is -0.444 e. The van der Waals surface area contributed by atoms with Crippen LogP contribution < -0.4 is 10.6 Å². The van der Waals surface area contributed by atoms with Gasteiger partial charge in [0.25, 0.3) is 5.91 Å². The zero-order valence-electron chi connectivity index (χ0n) is 23.7. The summed E-state index contributed by atoms with van der Waals surface area (Å²) in [6, 6.07) is 7.51. The molecule has 0 spiro atoms. The van der Waals surface area contributed by atoms with Gasteiger partial charge in [-0.2, -0.15) is 5.26 Å². The molecule has 1 aromatic rings. The third-order valence-electron chi connectivity index (χ3n) is 8.53. The van der Waals surface area contributed by atoms with Gasteiger partial charge in [-0.1, -0.05) is 12.1 Å². The largest absolute Gasteiger partial charge is 0.444 e. The molecule has 4 fully saturated rings. The lowest BCUT2D eigenvalue weighted by atomic mass is 10.0. The summed E-state index contributed by atoms with van der Waals surface area (Å²) in [5.41, 5.74) is 0.761. The normalized spacial score (nSPS) is 28.5. The number of amides is 4. The number of ether oxygens (including phenoxy) is 1. The maximum absolute atomic E-state index is 13.7. The summed E-state index contributed by atoms with van der Waals surface area (Å²) in [6.07, 6.45) is 1.49. The fraction of sp³-hybridized carbons (Fsp3) is 0.621. The van der Waals surface area contributed by atoms with Crippen molar-refractivity contribution in [3.63, 3.8) is 0 Å². The van der Waals surface area contributed by atoms with E-state index in [1.54, 1.807) is 44.9 Å². The third kappa shape index (κ3) is 5.24. The Bertz CT molecular complexity index is 1240. The van der Waals surface area contributed by atoms with Crippen LogP contribution in [-0.4, -0.2) is 94.5 Å². The van der Waals surface area contributed by atoms with Crippen LogP contribution in [0, 0.1) is 17.2 Å². The highest BCUT2D eigenvalue weighted by molar-refractivity contribution is 5.94. The van der Waals surface area contributed by atoms with Crippen molar-refractivity contribution in [1.29, 1.82) is 5.26 Å². The Morgan fingerprint density at radius 3 is 2.45 bits per heavy atom. The van der Waals surface area contributed by atoms with Gasteiger partial charge in [-0.25, -0.2) is 4.79 Å². The lowest BCUT2D eigenvalue weighted by molar-refractivity contribution is -0.141. The standard InChI is InChI=1S/C29H38N6O5/c1-16(17-6-8-18(9-7-17)25(36)31-5)34-21-12-24(27(34)38)33(14-21)15-22(32-28(39)40-29(2,3)4)26(37)35-20(13-30)10-19-11-23(19)35/h6-9,16,19-24H,10-12,14-15H2,1-5H3,(H,31,36)(H,32,39)/t16?,19?,20?,21-,22?,23?,24?/m0/s1. The molecule has 11 heteroatoms. The van der Waals surface area contributed by atoms with Gasteiger partial charge in [0.05, 0.1) is 18.2 Å².